The highest BCUT2D eigenvalue weighted by atomic mass is 35.5. The maximum atomic E-state index is 13.6. The first-order chi connectivity index (χ1) is 17.6. The summed E-state index contributed by atoms with van der Waals surface area (Å²) in [5.74, 6) is -0.820. The van der Waals surface area contributed by atoms with Crippen molar-refractivity contribution in [2.24, 2.45) is 0 Å². The molecule has 9 heteroatoms. The van der Waals surface area contributed by atoms with Crippen molar-refractivity contribution in [2.75, 3.05) is 6.61 Å². The molecule has 0 saturated carbocycles. The van der Waals surface area contributed by atoms with E-state index in [1.54, 1.807) is 26.0 Å². The number of carbonyl (C=O) groups is 1. The van der Waals surface area contributed by atoms with E-state index in [4.69, 9.17) is 21.1 Å². The molecule has 1 heterocycles. The molecule has 4 rings (SSSR count). The summed E-state index contributed by atoms with van der Waals surface area (Å²) in [5.41, 5.74) is 2.70. The van der Waals surface area contributed by atoms with E-state index >= 15 is 0 Å². The Morgan fingerprint density at radius 3 is 2.51 bits per heavy atom. The average Bonchev–Trinajstić information content (AvgIpc) is 3.33. The zero-order valence-corrected chi connectivity index (χ0v) is 21.0. The van der Waals surface area contributed by atoms with E-state index in [1.807, 2.05) is 0 Å². The number of aryl methyl sites for hydroxylation is 1. The van der Waals surface area contributed by atoms with E-state index in [9.17, 15) is 22.4 Å². The van der Waals surface area contributed by atoms with Crippen LogP contribution in [-0.2, 0) is 17.5 Å². The van der Waals surface area contributed by atoms with Crippen LogP contribution in [0, 0.1) is 12.7 Å². The number of halogens is 5. The Kier molecular flexibility index (Phi) is 7.87. The van der Waals surface area contributed by atoms with Gasteiger partial charge >= 0.3 is 12.1 Å². The number of hydrogen-bond acceptors (Lipinski definition) is 4. The molecule has 0 fully saturated rings. The molecule has 0 N–H and O–H groups in total. The summed E-state index contributed by atoms with van der Waals surface area (Å²) in [6.45, 7) is 3.58. The Morgan fingerprint density at radius 1 is 1.05 bits per heavy atom. The van der Waals surface area contributed by atoms with Crippen molar-refractivity contribution in [2.45, 2.75) is 45.9 Å². The van der Waals surface area contributed by atoms with Gasteiger partial charge in [0.2, 0.25) is 0 Å². The number of aromatic nitrogens is 1. The summed E-state index contributed by atoms with van der Waals surface area (Å²) >= 11 is 6.10. The molecule has 0 bridgehead atoms. The van der Waals surface area contributed by atoms with Crippen molar-refractivity contribution in [1.29, 1.82) is 0 Å². The molecular weight excluding hydrogens is 510 g/mol. The number of pyridine rings is 1. The maximum absolute atomic E-state index is 13.6. The van der Waals surface area contributed by atoms with Gasteiger partial charge in [-0.3, -0.25) is 0 Å². The predicted octanol–water partition coefficient (Wildman–Crippen LogP) is 8.05. The van der Waals surface area contributed by atoms with Crippen LogP contribution in [0.5, 0.6) is 5.75 Å². The first kappa shape index (κ1) is 26.7. The number of esters is 1. The fraction of sp³-hybridized carbons (Fsp3) is 0.286. The molecule has 0 radical (unpaired) electrons. The number of rotatable bonds is 7. The molecule has 0 saturated heterocycles. The van der Waals surface area contributed by atoms with Crippen LogP contribution in [0.2, 0.25) is 5.02 Å². The minimum Gasteiger partial charge on any atom is -0.488 e. The summed E-state index contributed by atoms with van der Waals surface area (Å²) in [6, 6.07) is 10.7. The lowest BCUT2D eigenvalue weighted by Gasteiger charge is -2.17. The highest BCUT2D eigenvalue weighted by Crippen LogP contribution is 2.44. The molecule has 0 amide bonds. The van der Waals surface area contributed by atoms with Gasteiger partial charge in [0.15, 0.2) is 5.69 Å². The number of allylic oxidation sites excluding steroid dienone is 2. The second-order valence-electron chi connectivity index (χ2n) is 8.63. The van der Waals surface area contributed by atoms with Crippen LogP contribution in [-0.4, -0.2) is 17.6 Å². The van der Waals surface area contributed by atoms with E-state index in [1.165, 1.54) is 18.2 Å². The third-order valence-electron chi connectivity index (χ3n) is 6.12. The quantitative estimate of drug-likeness (QED) is 0.228. The molecule has 1 aromatic heterocycles. The van der Waals surface area contributed by atoms with Gasteiger partial charge in [0.05, 0.1) is 22.9 Å². The minimum absolute atomic E-state index is 0.0596. The predicted molar refractivity (Wildman–Crippen MR) is 133 cm³/mol. The third-order valence-corrected chi connectivity index (χ3v) is 6.47. The Hall–Kier alpha value is -3.39. The molecule has 0 spiro atoms. The normalized spacial score (nSPS) is 13.7. The van der Waals surface area contributed by atoms with Gasteiger partial charge in [-0.1, -0.05) is 23.7 Å². The van der Waals surface area contributed by atoms with Gasteiger partial charge in [0, 0.05) is 11.1 Å². The Labute approximate surface area is 216 Å². The maximum Gasteiger partial charge on any atom is 0.416 e. The Balaban J connectivity index is 1.78. The molecular formula is C28H24ClF4NO3. The largest absolute Gasteiger partial charge is 0.488 e. The summed E-state index contributed by atoms with van der Waals surface area (Å²) in [7, 11) is 0. The minimum atomic E-state index is -4.55. The fourth-order valence-corrected chi connectivity index (χ4v) is 4.51. The van der Waals surface area contributed by atoms with Gasteiger partial charge in [0.25, 0.3) is 0 Å². The SMILES string of the molecule is CCOC(=O)c1nc(C2=C(c3cc(C(F)(F)F)ccc3OCc3ccc(F)cc3Cl)CCC2)ccc1C. The van der Waals surface area contributed by atoms with Gasteiger partial charge in [-0.2, -0.15) is 13.2 Å². The Morgan fingerprint density at radius 2 is 1.81 bits per heavy atom. The number of hydrogen-bond donors (Lipinski definition) is 0. The standard InChI is InChI=1S/C28H24ClF4NO3/c1-3-36-27(35)26-16(2)7-11-24(34-26)21-6-4-5-20(21)22-13-18(28(31,32)33)9-12-25(22)37-15-17-8-10-19(30)14-23(17)29/h7-14H,3-6,15H2,1-2H3. The third kappa shape index (κ3) is 5.96. The molecule has 4 nitrogen and oxygen atoms in total. The second kappa shape index (κ2) is 10.9. The molecule has 37 heavy (non-hydrogen) atoms. The van der Waals surface area contributed by atoms with E-state index in [0.29, 0.717) is 47.2 Å². The van der Waals surface area contributed by atoms with E-state index in [2.05, 4.69) is 4.98 Å². The lowest BCUT2D eigenvalue weighted by Crippen LogP contribution is -2.10. The van der Waals surface area contributed by atoms with Gasteiger partial charge < -0.3 is 9.47 Å². The van der Waals surface area contributed by atoms with E-state index < -0.39 is 23.5 Å². The lowest BCUT2D eigenvalue weighted by molar-refractivity contribution is -0.137. The van der Waals surface area contributed by atoms with Crippen LogP contribution in [0.15, 0.2) is 48.5 Å². The zero-order valence-electron chi connectivity index (χ0n) is 20.2. The number of alkyl halides is 3. The molecule has 2 aromatic carbocycles. The van der Waals surface area contributed by atoms with Gasteiger partial charge in [0.1, 0.15) is 18.2 Å². The highest BCUT2D eigenvalue weighted by Gasteiger charge is 2.32. The molecule has 3 aromatic rings. The van der Waals surface area contributed by atoms with Crippen LogP contribution in [0.25, 0.3) is 11.1 Å². The van der Waals surface area contributed by atoms with Crippen molar-refractivity contribution in [3.8, 4) is 5.75 Å². The summed E-state index contributed by atoms with van der Waals surface area (Å²) in [5, 5.41) is 0.157. The van der Waals surface area contributed by atoms with Crippen LogP contribution in [0.4, 0.5) is 17.6 Å². The molecule has 1 aliphatic carbocycles. The lowest BCUT2D eigenvalue weighted by atomic mass is 9.96. The van der Waals surface area contributed by atoms with Crippen molar-refractivity contribution >= 4 is 28.7 Å². The van der Waals surface area contributed by atoms with Gasteiger partial charge in [-0.25, -0.2) is 14.2 Å². The van der Waals surface area contributed by atoms with Crippen molar-refractivity contribution in [3.05, 3.63) is 93.0 Å². The molecule has 194 valence electrons. The smallest absolute Gasteiger partial charge is 0.416 e. The van der Waals surface area contributed by atoms with Gasteiger partial charge in [-0.05, 0) is 86.2 Å². The fourth-order valence-electron chi connectivity index (χ4n) is 4.29. The Bertz CT molecular complexity index is 1370. The monoisotopic (exact) mass is 533 g/mol. The molecule has 1 aliphatic rings. The second-order valence-corrected chi connectivity index (χ2v) is 9.03. The van der Waals surface area contributed by atoms with Crippen molar-refractivity contribution in [3.63, 3.8) is 0 Å². The van der Waals surface area contributed by atoms with Crippen LogP contribution in [0.1, 0.15) is 64.6 Å². The van der Waals surface area contributed by atoms with Crippen LogP contribution in [0.3, 0.4) is 0 Å². The molecule has 0 aliphatic heterocycles. The van der Waals surface area contributed by atoms with Crippen molar-refractivity contribution < 1.29 is 31.8 Å². The number of carbonyl (C=O) groups excluding carboxylic acids is 1. The van der Waals surface area contributed by atoms with Crippen LogP contribution < -0.4 is 4.74 Å². The van der Waals surface area contributed by atoms with Crippen molar-refractivity contribution in [1.82, 2.24) is 4.98 Å². The van der Waals surface area contributed by atoms with Crippen LogP contribution >= 0.6 is 11.6 Å². The summed E-state index contributed by atoms with van der Waals surface area (Å²) in [4.78, 5) is 16.9. The number of benzene rings is 2. The first-order valence-electron chi connectivity index (χ1n) is 11.7. The highest BCUT2D eigenvalue weighted by molar-refractivity contribution is 6.31. The van der Waals surface area contributed by atoms with Gasteiger partial charge in [-0.15, -0.1) is 0 Å². The number of nitrogens with zero attached hydrogens (tertiary/aromatic N) is 1. The average molecular weight is 534 g/mol. The van der Waals surface area contributed by atoms with E-state index in [0.717, 1.165) is 23.8 Å². The topological polar surface area (TPSA) is 48.4 Å². The number of ether oxygens (including phenoxy) is 2. The molecule has 0 atom stereocenters. The summed E-state index contributed by atoms with van der Waals surface area (Å²) < 4.78 is 65.3. The first-order valence-corrected chi connectivity index (χ1v) is 12.1. The zero-order chi connectivity index (χ0) is 26.7. The molecule has 0 unspecified atom stereocenters. The summed E-state index contributed by atoms with van der Waals surface area (Å²) in [6.07, 6.45) is -2.76. The van der Waals surface area contributed by atoms with E-state index in [-0.39, 0.29) is 29.7 Å².